The van der Waals surface area contributed by atoms with Gasteiger partial charge in [-0.3, -0.25) is 4.79 Å². The van der Waals surface area contributed by atoms with Crippen molar-refractivity contribution in [2.75, 3.05) is 23.7 Å². The lowest BCUT2D eigenvalue weighted by molar-refractivity contribution is -0.138. The van der Waals surface area contributed by atoms with Gasteiger partial charge < -0.3 is 21.1 Å². The van der Waals surface area contributed by atoms with Crippen LogP contribution in [0.3, 0.4) is 0 Å². The number of rotatable bonds is 8. The molecule has 2 aromatic carbocycles. The predicted molar refractivity (Wildman–Crippen MR) is 128 cm³/mol. The largest absolute Gasteiger partial charge is 0.481 e. The van der Waals surface area contributed by atoms with Crippen molar-refractivity contribution in [3.63, 3.8) is 0 Å². The highest BCUT2D eigenvalue weighted by atomic mass is 19.1. The SMILES string of the molecule is Cc1ccc(CCN[C@H](c2ccccc2)[C@H]2CNc3cc(F)cnc3N2)cc1[C@@H](C)C(=O)O. The number of hydrogen-bond donors (Lipinski definition) is 4. The van der Waals surface area contributed by atoms with Gasteiger partial charge in [-0.05, 0) is 49.1 Å². The molecule has 0 fully saturated rings. The molecule has 0 amide bonds. The van der Waals surface area contributed by atoms with Gasteiger partial charge in [-0.1, -0.05) is 48.5 Å². The van der Waals surface area contributed by atoms with Gasteiger partial charge >= 0.3 is 5.97 Å². The van der Waals surface area contributed by atoms with Gasteiger partial charge in [0.15, 0.2) is 0 Å². The molecule has 7 heteroatoms. The standard InChI is InChI=1S/C26H29FN4O2/c1-16-8-9-18(12-21(16)17(2)26(32)33)10-11-28-24(19-6-4-3-5-7-19)23-15-29-22-13-20(27)14-30-25(22)31-23/h3-9,12-14,17,23-24,28-29H,10-11,15H2,1-2H3,(H,30,31)(H,32,33)/t17-,23-,24-/m1/s1. The molecule has 4 N–H and O–H groups in total. The van der Waals surface area contributed by atoms with E-state index in [9.17, 15) is 14.3 Å². The van der Waals surface area contributed by atoms with Crippen LogP contribution in [0, 0.1) is 12.7 Å². The number of fused-ring (bicyclic) bond motifs is 1. The van der Waals surface area contributed by atoms with E-state index >= 15 is 0 Å². The van der Waals surface area contributed by atoms with E-state index in [1.165, 1.54) is 12.3 Å². The molecule has 2 heterocycles. The van der Waals surface area contributed by atoms with E-state index in [1.54, 1.807) is 6.92 Å². The Bertz CT molecular complexity index is 1120. The first-order valence-corrected chi connectivity index (χ1v) is 11.2. The van der Waals surface area contributed by atoms with Crippen LogP contribution in [0.5, 0.6) is 0 Å². The van der Waals surface area contributed by atoms with Gasteiger partial charge in [0, 0.05) is 12.6 Å². The minimum Gasteiger partial charge on any atom is -0.481 e. The molecule has 4 rings (SSSR count). The number of carboxylic acid groups (broad SMARTS) is 1. The van der Waals surface area contributed by atoms with Crippen LogP contribution in [-0.2, 0) is 11.2 Å². The second-order valence-corrected chi connectivity index (χ2v) is 8.52. The molecule has 0 aliphatic carbocycles. The summed E-state index contributed by atoms with van der Waals surface area (Å²) in [6.45, 7) is 5.00. The molecule has 1 aromatic heterocycles. The summed E-state index contributed by atoms with van der Waals surface area (Å²) in [5.41, 5.74) is 4.75. The van der Waals surface area contributed by atoms with Gasteiger partial charge in [-0.15, -0.1) is 0 Å². The van der Waals surface area contributed by atoms with Crippen molar-refractivity contribution in [3.05, 3.63) is 88.9 Å². The van der Waals surface area contributed by atoms with Crippen molar-refractivity contribution in [1.82, 2.24) is 10.3 Å². The van der Waals surface area contributed by atoms with Gasteiger partial charge in [0.05, 0.1) is 29.9 Å². The maximum atomic E-state index is 13.5. The Hall–Kier alpha value is -3.45. The number of nitrogens with zero attached hydrogens (tertiary/aromatic N) is 1. The van der Waals surface area contributed by atoms with Gasteiger partial charge in [-0.2, -0.15) is 0 Å². The fourth-order valence-corrected chi connectivity index (χ4v) is 4.31. The number of nitrogens with one attached hydrogen (secondary N) is 3. The summed E-state index contributed by atoms with van der Waals surface area (Å²) in [4.78, 5) is 15.7. The maximum absolute atomic E-state index is 13.5. The molecule has 0 saturated heterocycles. The maximum Gasteiger partial charge on any atom is 0.310 e. The number of aryl methyl sites for hydroxylation is 1. The van der Waals surface area contributed by atoms with E-state index in [0.717, 1.165) is 28.7 Å². The quantitative estimate of drug-likeness (QED) is 0.406. The minimum atomic E-state index is -0.817. The second-order valence-electron chi connectivity index (χ2n) is 8.52. The summed E-state index contributed by atoms with van der Waals surface area (Å²) >= 11 is 0. The number of carboxylic acids is 1. The normalized spacial score (nSPS) is 16.8. The lowest BCUT2D eigenvalue weighted by atomic mass is 9.93. The number of carbonyl (C=O) groups is 1. The molecule has 1 aliphatic rings. The zero-order valence-electron chi connectivity index (χ0n) is 18.8. The van der Waals surface area contributed by atoms with Crippen molar-refractivity contribution in [1.29, 1.82) is 0 Å². The van der Waals surface area contributed by atoms with Gasteiger partial charge in [0.2, 0.25) is 0 Å². The molecule has 0 saturated carbocycles. The van der Waals surface area contributed by atoms with E-state index in [2.05, 4.69) is 39.1 Å². The zero-order valence-corrected chi connectivity index (χ0v) is 18.8. The number of anilines is 2. The van der Waals surface area contributed by atoms with Crippen LogP contribution >= 0.6 is 0 Å². The van der Waals surface area contributed by atoms with E-state index < -0.39 is 11.9 Å². The molecule has 3 atom stereocenters. The highest BCUT2D eigenvalue weighted by Crippen LogP contribution is 2.29. The Balaban J connectivity index is 1.48. The van der Waals surface area contributed by atoms with Crippen LogP contribution < -0.4 is 16.0 Å². The van der Waals surface area contributed by atoms with E-state index in [4.69, 9.17) is 0 Å². The molecule has 6 nitrogen and oxygen atoms in total. The predicted octanol–water partition coefficient (Wildman–Crippen LogP) is 4.50. The number of aromatic nitrogens is 1. The fourth-order valence-electron chi connectivity index (χ4n) is 4.31. The summed E-state index contributed by atoms with van der Waals surface area (Å²) in [7, 11) is 0. The number of aliphatic carboxylic acids is 1. The zero-order chi connectivity index (χ0) is 23.4. The Morgan fingerprint density at radius 1 is 1.24 bits per heavy atom. The number of benzene rings is 2. The topological polar surface area (TPSA) is 86.3 Å². The van der Waals surface area contributed by atoms with E-state index in [1.807, 2.05) is 37.3 Å². The molecule has 3 aromatic rings. The monoisotopic (exact) mass is 448 g/mol. The first-order valence-electron chi connectivity index (χ1n) is 11.2. The first-order chi connectivity index (χ1) is 15.9. The second kappa shape index (κ2) is 10.0. The van der Waals surface area contributed by atoms with E-state index in [0.29, 0.717) is 24.6 Å². The third-order valence-electron chi connectivity index (χ3n) is 6.21. The van der Waals surface area contributed by atoms with Gasteiger partial charge in [0.25, 0.3) is 0 Å². The molecule has 172 valence electrons. The molecule has 1 aliphatic heterocycles. The van der Waals surface area contributed by atoms with Crippen molar-refractivity contribution in [3.8, 4) is 0 Å². The molecule has 0 bridgehead atoms. The fraction of sp³-hybridized carbons (Fsp3) is 0.308. The smallest absolute Gasteiger partial charge is 0.310 e. The molecular formula is C26H29FN4O2. The molecule has 0 spiro atoms. The van der Waals surface area contributed by atoms with Crippen LogP contribution in [0.25, 0.3) is 0 Å². The number of pyridine rings is 1. The molecule has 0 unspecified atom stereocenters. The van der Waals surface area contributed by atoms with Crippen molar-refractivity contribution in [2.24, 2.45) is 0 Å². The van der Waals surface area contributed by atoms with Crippen LogP contribution in [0.15, 0.2) is 60.8 Å². The minimum absolute atomic E-state index is 0.00145. The Morgan fingerprint density at radius 3 is 2.79 bits per heavy atom. The summed E-state index contributed by atoms with van der Waals surface area (Å²) in [6, 6.07) is 17.7. The Labute approximate surface area is 193 Å². The van der Waals surface area contributed by atoms with Gasteiger partial charge in [-0.25, -0.2) is 9.37 Å². The summed E-state index contributed by atoms with van der Waals surface area (Å²) < 4.78 is 13.5. The van der Waals surface area contributed by atoms with Crippen LogP contribution in [0.4, 0.5) is 15.9 Å². The molecule has 33 heavy (non-hydrogen) atoms. The number of halogens is 1. The molecular weight excluding hydrogens is 419 g/mol. The third-order valence-corrected chi connectivity index (χ3v) is 6.21. The summed E-state index contributed by atoms with van der Waals surface area (Å²) in [6.07, 6.45) is 1.98. The summed E-state index contributed by atoms with van der Waals surface area (Å²) in [5, 5.41) is 19.8. The third kappa shape index (κ3) is 5.31. The lowest BCUT2D eigenvalue weighted by Crippen LogP contribution is -2.44. The van der Waals surface area contributed by atoms with Crippen LogP contribution in [0.1, 0.15) is 41.1 Å². The van der Waals surface area contributed by atoms with Crippen molar-refractivity contribution >= 4 is 17.5 Å². The average Bonchev–Trinajstić information content (AvgIpc) is 2.82. The summed E-state index contributed by atoms with van der Waals surface area (Å²) in [5.74, 6) is -1.08. The highest BCUT2D eigenvalue weighted by Gasteiger charge is 2.27. The Kier molecular flexibility index (Phi) is 6.89. The lowest BCUT2D eigenvalue weighted by Gasteiger charge is -2.34. The highest BCUT2D eigenvalue weighted by molar-refractivity contribution is 5.76. The van der Waals surface area contributed by atoms with Crippen molar-refractivity contribution in [2.45, 2.75) is 38.3 Å². The average molecular weight is 449 g/mol. The van der Waals surface area contributed by atoms with Crippen LogP contribution in [-0.4, -0.2) is 35.2 Å². The first kappa shape index (κ1) is 22.7. The molecule has 0 radical (unpaired) electrons. The number of hydrogen-bond acceptors (Lipinski definition) is 5. The van der Waals surface area contributed by atoms with E-state index in [-0.39, 0.29) is 17.9 Å². The van der Waals surface area contributed by atoms with Crippen LogP contribution in [0.2, 0.25) is 0 Å². The van der Waals surface area contributed by atoms with Crippen molar-refractivity contribution < 1.29 is 14.3 Å². The Morgan fingerprint density at radius 2 is 2.03 bits per heavy atom. The van der Waals surface area contributed by atoms with Gasteiger partial charge in [0.1, 0.15) is 11.6 Å².